The van der Waals surface area contributed by atoms with Crippen molar-refractivity contribution in [1.29, 1.82) is 0 Å². The fourth-order valence-corrected chi connectivity index (χ4v) is 2.08. The third-order valence-corrected chi connectivity index (χ3v) is 3.12. The molecule has 1 aromatic carbocycles. The van der Waals surface area contributed by atoms with Crippen LogP contribution in [0, 0.1) is 0 Å². The molecule has 2 unspecified atom stereocenters. The molecule has 0 heterocycles. The molecule has 116 valence electrons. The number of hydrogen-bond acceptors (Lipinski definition) is 3. The average Bonchev–Trinajstić information content (AvgIpc) is 2.38. The van der Waals surface area contributed by atoms with Crippen molar-refractivity contribution < 1.29 is 19.4 Å². The van der Waals surface area contributed by atoms with Crippen molar-refractivity contribution in [2.45, 2.75) is 45.3 Å². The number of carboxylic acid groups (broad SMARTS) is 1. The van der Waals surface area contributed by atoms with Gasteiger partial charge in [-0.15, -0.1) is 0 Å². The Balaban J connectivity index is 2.58. The Morgan fingerprint density at radius 1 is 1.43 bits per heavy atom. The Kier molecular flexibility index (Phi) is 7.02. The highest BCUT2D eigenvalue weighted by Crippen LogP contribution is 2.18. The highest BCUT2D eigenvalue weighted by Gasteiger charge is 2.20. The van der Waals surface area contributed by atoms with Crippen molar-refractivity contribution in [3.05, 3.63) is 29.3 Å². The van der Waals surface area contributed by atoms with Gasteiger partial charge in [0.25, 0.3) is 5.91 Å². The summed E-state index contributed by atoms with van der Waals surface area (Å²) in [6.07, 6.45) is 0.587. The van der Waals surface area contributed by atoms with E-state index in [1.165, 1.54) is 0 Å². The Bertz CT molecular complexity index is 492. The molecule has 0 fully saturated rings. The summed E-state index contributed by atoms with van der Waals surface area (Å²) in [5.74, 6) is -0.776. The van der Waals surface area contributed by atoms with Gasteiger partial charge in [0.2, 0.25) is 0 Å². The zero-order valence-corrected chi connectivity index (χ0v) is 12.9. The number of carbonyl (C=O) groups excluding carboxylic acids is 1. The van der Waals surface area contributed by atoms with Gasteiger partial charge >= 0.3 is 5.97 Å². The van der Waals surface area contributed by atoms with Crippen molar-refractivity contribution in [2.24, 2.45) is 0 Å². The summed E-state index contributed by atoms with van der Waals surface area (Å²) in [4.78, 5) is 22.8. The molecule has 0 saturated heterocycles. The van der Waals surface area contributed by atoms with Crippen molar-refractivity contribution in [3.63, 3.8) is 0 Å². The van der Waals surface area contributed by atoms with Crippen LogP contribution in [0.4, 0.5) is 0 Å². The van der Waals surface area contributed by atoms with Crippen LogP contribution in [0.25, 0.3) is 0 Å². The van der Waals surface area contributed by atoms with Gasteiger partial charge in [-0.25, -0.2) is 0 Å². The molecule has 1 amide bonds. The average molecular weight is 314 g/mol. The SMILES string of the molecule is CCCC(CC(=O)O)NC(=O)C(C)Oc1cccc(Cl)c1. The van der Waals surface area contributed by atoms with E-state index in [0.717, 1.165) is 6.42 Å². The second-order valence-corrected chi connectivity index (χ2v) is 5.25. The number of benzene rings is 1. The van der Waals surface area contributed by atoms with Gasteiger partial charge in [0, 0.05) is 11.1 Å². The van der Waals surface area contributed by atoms with E-state index in [1.807, 2.05) is 6.92 Å². The summed E-state index contributed by atoms with van der Waals surface area (Å²) < 4.78 is 5.50. The lowest BCUT2D eigenvalue weighted by molar-refractivity contribution is -0.138. The summed E-state index contributed by atoms with van der Waals surface area (Å²) >= 11 is 5.84. The van der Waals surface area contributed by atoms with Gasteiger partial charge in [0.15, 0.2) is 6.10 Å². The van der Waals surface area contributed by atoms with E-state index in [0.29, 0.717) is 17.2 Å². The summed E-state index contributed by atoms with van der Waals surface area (Å²) in [6, 6.07) is 6.38. The first-order chi connectivity index (χ1) is 9.92. The number of rotatable bonds is 8. The van der Waals surface area contributed by atoms with Gasteiger partial charge in [-0.2, -0.15) is 0 Å². The number of hydrogen-bond donors (Lipinski definition) is 2. The van der Waals surface area contributed by atoms with Crippen LogP contribution in [0.1, 0.15) is 33.1 Å². The Hall–Kier alpha value is -1.75. The Labute approximate surface area is 129 Å². The Morgan fingerprint density at radius 3 is 2.71 bits per heavy atom. The highest BCUT2D eigenvalue weighted by molar-refractivity contribution is 6.30. The Morgan fingerprint density at radius 2 is 2.14 bits per heavy atom. The number of nitrogens with one attached hydrogen (secondary N) is 1. The lowest BCUT2D eigenvalue weighted by Gasteiger charge is -2.20. The van der Waals surface area contributed by atoms with Gasteiger partial charge in [0.1, 0.15) is 5.75 Å². The number of carboxylic acids is 1. The zero-order chi connectivity index (χ0) is 15.8. The lowest BCUT2D eigenvalue weighted by Crippen LogP contribution is -2.43. The maximum absolute atomic E-state index is 12.0. The minimum Gasteiger partial charge on any atom is -0.481 e. The molecule has 1 rings (SSSR count). The first kappa shape index (κ1) is 17.3. The molecule has 0 radical (unpaired) electrons. The quantitative estimate of drug-likeness (QED) is 0.774. The summed E-state index contributed by atoms with van der Waals surface area (Å²) in [5, 5.41) is 12.1. The van der Waals surface area contributed by atoms with Crippen LogP contribution in [-0.2, 0) is 9.59 Å². The van der Waals surface area contributed by atoms with E-state index in [-0.39, 0.29) is 18.4 Å². The molecule has 2 atom stereocenters. The van der Waals surface area contributed by atoms with Gasteiger partial charge in [-0.3, -0.25) is 9.59 Å². The molecule has 0 aliphatic rings. The molecule has 0 bridgehead atoms. The molecular formula is C15H20ClNO4. The van der Waals surface area contributed by atoms with Crippen LogP contribution in [0.5, 0.6) is 5.75 Å². The van der Waals surface area contributed by atoms with E-state index >= 15 is 0 Å². The zero-order valence-electron chi connectivity index (χ0n) is 12.1. The van der Waals surface area contributed by atoms with E-state index in [2.05, 4.69) is 5.32 Å². The van der Waals surface area contributed by atoms with Crippen LogP contribution < -0.4 is 10.1 Å². The molecule has 0 aromatic heterocycles. The summed E-state index contributed by atoms with van der Waals surface area (Å²) in [7, 11) is 0. The maximum Gasteiger partial charge on any atom is 0.305 e. The third-order valence-electron chi connectivity index (χ3n) is 2.88. The van der Waals surface area contributed by atoms with Crippen molar-refractivity contribution in [2.75, 3.05) is 0 Å². The number of amides is 1. The monoisotopic (exact) mass is 313 g/mol. The molecule has 1 aromatic rings. The molecule has 6 heteroatoms. The number of ether oxygens (including phenoxy) is 1. The van der Waals surface area contributed by atoms with E-state index < -0.39 is 12.1 Å². The van der Waals surface area contributed by atoms with E-state index in [1.54, 1.807) is 31.2 Å². The van der Waals surface area contributed by atoms with Gasteiger partial charge < -0.3 is 15.2 Å². The topological polar surface area (TPSA) is 75.6 Å². The smallest absolute Gasteiger partial charge is 0.305 e. The summed E-state index contributed by atoms with van der Waals surface area (Å²) in [6.45, 7) is 3.55. The number of aliphatic carboxylic acids is 1. The summed E-state index contributed by atoms with van der Waals surface area (Å²) in [5.41, 5.74) is 0. The van der Waals surface area contributed by atoms with Crippen LogP contribution in [0.2, 0.25) is 5.02 Å². The van der Waals surface area contributed by atoms with Crippen LogP contribution in [-0.4, -0.2) is 29.1 Å². The first-order valence-corrected chi connectivity index (χ1v) is 7.24. The minimum absolute atomic E-state index is 0.0938. The second kappa shape index (κ2) is 8.52. The molecule has 0 spiro atoms. The standard InChI is InChI=1S/C15H20ClNO4/c1-3-5-12(9-14(18)19)17-15(20)10(2)21-13-7-4-6-11(16)8-13/h4,6-8,10,12H,3,5,9H2,1-2H3,(H,17,20)(H,18,19). The molecule has 0 saturated carbocycles. The molecule has 2 N–H and O–H groups in total. The maximum atomic E-state index is 12.0. The first-order valence-electron chi connectivity index (χ1n) is 6.86. The predicted molar refractivity (Wildman–Crippen MR) is 80.6 cm³/mol. The molecule has 21 heavy (non-hydrogen) atoms. The lowest BCUT2D eigenvalue weighted by atomic mass is 10.1. The van der Waals surface area contributed by atoms with Crippen LogP contribution in [0.15, 0.2) is 24.3 Å². The van der Waals surface area contributed by atoms with Crippen LogP contribution in [0.3, 0.4) is 0 Å². The molecule has 0 aliphatic heterocycles. The van der Waals surface area contributed by atoms with Crippen molar-refractivity contribution in [1.82, 2.24) is 5.32 Å². The predicted octanol–water partition coefficient (Wildman–Crippen LogP) is 2.87. The van der Waals surface area contributed by atoms with Gasteiger partial charge in [-0.05, 0) is 31.5 Å². The molecule has 5 nitrogen and oxygen atoms in total. The largest absolute Gasteiger partial charge is 0.481 e. The molecular weight excluding hydrogens is 294 g/mol. The van der Waals surface area contributed by atoms with Crippen molar-refractivity contribution >= 4 is 23.5 Å². The minimum atomic E-state index is -0.933. The van der Waals surface area contributed by atoms with Gasteiger partial charge in [-0.1, -0.05) is 31.0 Å². The van der Waals surface area contributed by atoms with Crippen molar-refractivity contribution in [3.8, 4) is 5.75 Å². The van der Waals surface area contributed by atoms with E-state index in [9.17, 15) is 9.59 Å². The van der Waals surface area contributed by atoms with E-state index in [4.69, 9.17) is 21.4 Å². The highest BCUT2D eigenvalue weighted by atomic mass is 35.5. The molecule has 0 aliphatic carbocycles. The normalized spacial score (nSPS) is 13.3. The van der Waals surface area contributed by atoms with Gasteiger partial charge in [0.05, 0.1) is 6.42 Å². The number of carbonyl (C=O) groups is 2. The van der Waals surface area contributed by atoms with Crippen LogP contribution >= 0.6 is 11.6 Å². The fourth-order valence-electron chi connectivity index (χ4n) is 1.90. The number of halogens is 1. The fraction of sp³-hybridized carbons (Fsp3) is 0.467. The second-order valence-electron chi connectivity index (χ2n) is 4.81. The third kappa shape index (κ3) is 6.49.